The van der Waals surface area contributed by atoms with Crippen LogP contribution in [0, 0.1) is 17.0 Å². The van der Waals surface area contributed by atoms with E-state index >= 15 is 0 Å². The second-order valence-electron chi connectivity index (χ2n) is 3.79. The van der Waals surface area contributed by atoms with E-state index in [1.54, 1.807) is 6.07 Å². The standard InChI is InChI=1S/C11H13N3O2/c1-7-8(5-6-12)9-3-2-4-10(14(15)16)11(9)13-7/h2-4,13H,5-6,12H2,1H3/p+1. The number of rotatable bonds is 3. The molecule has 0 aliphatic heterocycles. The molecule has 0 amide bonds. The summed E-state index contributed by atoms with van der Waals surface area (Å²) in [5.74, 6) is 0. The molecule has 2 rings (SSSR count). The zero-order chi connectivity index (χ0) is 11.7. The second-order valence-corrected chi connectivity index (χ2v) is 3.79. The quantitative estimate of drug-likeness (QED) is 0.600. The first-order valence-corrected chi connectivity index (χ1v) is 5.19. The Bertz CT molecular complexity index is 545. The lowest BCUT2D eigenvalue weighted by Crippen LogP contribution is -2.51. The highest BCUT2D eigenvalue weighted by atomic mass is 16.6. The first-order valence-electron chi connectivity index (χ1n) is 5.19. The van der Waals surface area contributed by atoms with E-state index in [0.29, 0.717) is 5.52 Å². The number of nitro groups is 1. The van der Waals surface area contributed by atoms with Crippen molar-refractivity contribution in [2.75, 3.05) is 6.54 Å². The molecule has 1 aromatic carbocycles. The highest BCUT2D eigenvalue weighted by molar-refractivity contribution is 5.91. The molecule has 0 aliphatic rings. The molecule has 0 saturated carbocycles. The van der Waals surface area contributed by atoms with Crippen molar-refractivity contribution in [1.82, 2.24) is 4.98 Å². The number of H-pyrrole nitrogens is 1. The number of nitrogens with zero attached hydrogens (tertiary/aromatic N) is 1. The van der Waals surface area contributed by atoms with Gasteiger partial charge in [-0.25, -0.2) is 0 Å². The number of hydrogen-bond donors (Lipinski definition) is 2. The Kier molecular flexibility index (Phi) is 2.62. The summed E-state index contributed by atoms with van der Waals surface area (Å²) >= 11 is 0. The summed E-state index contributed by atoms with van der Waals surface area (Å²) in [6, 6.07) is 5.16. The van der Waals surface area contributed by atoms with E-state index in [9.17, 15) is 10.1 Å². The van der Waals surface area contributed by atoms with Crippen molar-refractivity contribution >= 4 is 16.6 Å². The molecule has 0 aliphatic carbocycles. The monoisotopic (exact) mass is 220 g/mol. The number of nitro benzene ring substituents is 1. The van der Waals surface area contributed by atoms with Crippen LogP contribution in [-0.2, 0) is 6.42 Å². The largest absolute Gasteiger partial charge is 0.357 e. The Morgan fingerprint density at radius 1 is 1.50 bits per heavy atom. The van der Waals surface area contributed by atoms with E-state index in [4.69, 9.17) is 0 Å². The minimum Gasteiger partial charge on any atom is -0.357 e. The highest BCUT2D eigenvalue weighted by Gasteiger charge is 2.16. The van der Waals surface area contributed by atoms with Crippen LogP contribution in [0.5, 0.6) is 0 Å². The van der Waals surface area contributed by atoms with Gasteiger partial charge in [0, 0.05) is 23.6 Å². The number of aromatic nitrogens is 1. The average Bonchev–Trinajstić information content (AvgIpc) is 2.56. The fourth-order valence-electron chi connectivity index (χ4n) is 2.04. The van der Waals surface area contributed by atoms with Crippen LogP contribution in [-0.4, -0.2) is 16.5 Å². The molecule has 0 fully saturated rings. The van der Waals surface area contributed by atoms with Gasteiger partial charge in [0.25, 0.3) is 5.69 Å². The van der Waals surface area contributed by atoms with Crippen molar-refractivity contribution in [3.63, 3.8) is 0 Å². The zero-order valence-electron chi connectivity index (χ0n) is 9.12. The number of quaternary nitrogens is 1. The van der Waals surface area contributed by atoms with Crippen LogP contribution < -0.4 is 5.73 Å². The third-order valence-corrected chi connectivity index (χ3v) is 2.76. The van der Waals surface area contributed by atoms with Crippen LogP contribution in [0.15, 0.2) is 18.2 Å². The molecule has 84 valence electrons. The lowest BCUT2D eigenvalue weighted by atomic mass is 10.1. The van der Waals surface area contributed by atoms with Crippen molar-refractivity contribution in [3.8, 4) is 0 Å². The van der Waals surface area contributed by atoms with Crippen LogP contribution in [0.4, 0.5) is 5.69 Å². The first kappa shape index (κ1) is 10.6. The van der Waals surface area contributed by atoms with Gasteiger partial charge in [-0.3, -0.25) is 10.1 Å². The Labute approximate surface area is 92.4 Å². The minimum absolute atomic E-state index is 0.135. The predicted molar refractivity (Wildman–Crippen MR) is 61.1 cm³/mol. The Morgan fingerprint density at radius 2 is 2.25 bits per heavy atom. The topological polar surface area (TPSA) is 86.6 Å². The number of non-ortho nitro benzene ring substituents is 1. The van der Waals surface area contributed by atoms with Gasteiger partial charge >= 0.3 is 0 Å². The van der Waals surface area contributed by atoms with Crippen molar-refractivity contribution in [3.05, 3.63) is 39.6 Å². The Balaban J connectivity index is 2.72. The highest BCUT2D eigenvalue weighted by Crippen LogP contribution is 2.29. The molecule has 5 heteroatoms. The number of hydrogen-bond acceptors (Lipinski definition) is 2. The predicted octanol–water partition coefficient (Wildman–Crippen LogP) is 1.17. The Hall–Kier alpha value is -1.88. The van der Waals surface area contributed by atoms with Crippen LogP contribution >= 0.6 is 0 Å². The summed E-state index contributed by atoms with van der Waals surface area (Å²) in [4.78, 5) is 13.6. The lowest BCUT2D eigenvalue weighted by molar-refractivity contribution is -0.383. The number of nitrogens with one attached hydrogen (secondary N) is 1. The van der Waals surface area contributed by atoms with Gasteiger partial charge in [0.1, 0.15) is 5.52 Å². The van der Waals surface area contributed by atoms with Crippen LogP contribution in [0.2, 0.25) is 0 Å². The first-order chi connectivity index (χ1) is 7.65. The maximum atomic E-state index is 10.9. The summed E-state index contributed by atoms with van der Waals surface area (Å²) in [5.41, 5.74) is 6.70. The van der Waals surface area contributed by atoms with E-state index in [-0.39, 0.29) is 10.6 Å². The molecule has 4 N–H and O–H groups in total. The second kappa shape index (κ2) is 3.94. The van der Waals surface area contributed by atoms with Crippen LogP contribution in [0.1, 0.15) is 11.3 Å². The minimum atomic E-state index is -0.355. The summed E-state index contributed by atoms with van der Waals surface area (Å²) < 4.78 is 0. The molecule has 5 nitrogen and oxygen atoms in total. The SMILES string of the molecule is Cc1[nH]c2c([N+](=O)[O-])cccc2c1CC[NH3+]. The summed E-state index contributed by atoms with van der Waals surface area (Å²) in [5, 5.41) is 11.8. The van der Waals surface area contributed by atoms with Gasteiger partial charge in [-0.05, 0) is 12.5 Å². The molecule has 0 atom stereocenters. The van der Waals surface area contributed by atoms with E-state index in [1.165, 1.54) is 6.07 Å². The lowest BCUT2D eigenvalue weighted by Gasteiger charge is -1.96. The molecule has 0 radical (unpaired) electrons. The van der Waals surface area contributed by atoms with Crippen LogP contribution in [0.25, 0.3) is 10.9 Å². The van der Waals surface area contributed by atoms with Gasteiger partial charge in [-0.15, -0.1) is 0 Å². The van der Waals surface area contributed by atoms with Gasteiger partial charge in [0.2, 0.25) is 0 Å². The number of aromatic amines is 1. The molecular formula is C11H14N3O2+. The molecule has 1 aromatic heterocycles. The third kappa shape index (κ3) is 1.55. The van der Waals surface area contributed by atoms with Gasteiger partial charge in [0.15, 0.2) is 0 Å². The summed E-state index contributed by atoms with van der Waals surface area (Å²) in [7, 11) is 0. The summed E-state index contributed by atoms with van der Waals surface area (Å²) in [6.07, 6.45) is 0.840. The van der Waals surface area contributed by atoms with Crippen molar-refractivity contribution in [2.24, 2.45) is 0 Å². The zero-order valence-corrected chi connectivity index (χ0v) is 9.12. The van der Waals surface area contributed by atoms with E-state index in [1.807, 2.05) is 13.0 Å². The smallest absolute Gasteiger partial charge is 0.293 e. The van der Waals surface area contributed by atoms with Crippen molar-refractivity contribution in [2.45, 2.75) is 13.3 Å². The number of fused-ring (bicyclic) bond motifs is 1. The molecule has 0 spiro atoms. The Morgan fingerprint density at radius 3 is 2.88 bits per heavy atom. The normalized spacial score (nSPS) is 10.9. The maximum absolute atomic E-state index is 10.9. The van der Waals surface area contributed by atoms with Crippen LogP contribution in [0.3, 0.4) is 0 Å². The molecule has 2 aromatic rings. The van der Waals surface area contributed by atoms with E-state index in [0.717, 1.165) is 29.6 Å². The molecule has 16 heavy (non-hydrogen) atoms. The third-order valence-electron chi connectivity index (χ3n) is 2.76. The fourth-order valence-corrected chi connectivity index (χ4v) is 2.04. The average molecular weight is 220 g/mol. The van der Waals surface area contributed by atoms with Crippen molar-refractivity contribution < 1.29 is 10.7 Å². The number of benzene rings is 1. The van der Waals surface area contributed by atoms with Crippen molar-refractivity contribution in [1.29, 1.82) is 0 Å². The molecule has 0 bridgehead atoms. The maximum Gasteiger partial charge on any atom is 0.293 e. The van der Waals surface area contributed by atoms with Gasteiger partial charge in [-0.2, -0.15) is 0 Å². The molecule has 0 unspecified atom stereocenters. The molecule has 0 saturated heterocycles. The van der Waals surface area contributed by atoms with Gasteiger partial charge < -0.3 is 10.7 Å². The molecule has 1 heterocycles. The van der Waals surface area contributed by atoms with E-state index < -0.39 is 0 Å². The van der Waals surface area contributed by atoms with Gasteiger partial charge in [-0.1, -0.05) is 12.1 Å². The van der Waals surface area contributed by atoms with Gasteiger partial charge in [0.05, 0.1) is 11.5 Å². The number of para-hydroxylation sites is 1. The van der Waals surface area contributed by atoms with E-state index in [2.05, 4.69) is 10.7 Å². The molecular weight excluding hydrogens is 206 g/mol. The summed E-state index contributed by atoms with van der Waals surface area (Å²) in [6.45, 7) is 2.73. The number of aryl methyl sites for hydroxylation is 1. The fraction of sp³-hybridized carbons (Fsp3) is 0.273.